The average molecular weight is 472 g/mol. The lowest BCUT2D eigenvalue weighted by Crippen LogP contribution is -2.46. The third kappa shape index (κ3) is 7.33. The highest BCUT2D eigenvalue weighted by molar-refractivity contribution is 5.86. The first-order valence-electron chi connectivity index (χ1n) is 11.2. The van der Waals surface area contributed by atoms with Crippen LogP contribution in [0.2, 0.25) is 0 Å². The van der Waals surface area contributed by atoms with E-state index < -0.39 is 12.5 Å². The second-order valence-corrected chi connectivity index (χ2v) is 9.06. The molecule has 0 bridgehead atoms. The summed E-state index contributed by atoms with van der Waals surface area (Å²) in [5.41, 5.74) is 0.671. The maximum absolute atomic E-state index is 13.2. The average Bonchev–Trinajstić information content (AvgIpc) is 2.91. The smallest absolute Gasteiger partial charge is 0.406 e. The summed E-state index contributed by atoms with van der Waals surface area (Å²) in [7, 11) is 2.03. The minimum atomic E-state index is -4.74. The summed E-state index contributed by atoms with van der Waals surface area (Å²) < 4.78 is 47.0. The van der Waals surface area contributed by atoms with E-state index in [0.717, 1.165) is 25.9 Å². The summed E-state index contributed by atoms with van der Waals surface area (Å²) in [6.07, 6.45) is -3.60. The summed E-state index contributed by atoms with van der Waals surface area (Å²) in [5, 5.41) is 0. The van der Waals surface area contributed by atoms with Crippen LogP contribution in [0.4, 0.5) is 13.2 Å². The molecule has 2 saturated heterocycles. The quantitative estimate of drug-likeness (QED) is 0.639. The van der Waals surface area contributed by atoms with E-state index in [1.807, 2.05) is 20.9 Å². The first-order chi connectivity index (χ1) is 15.5. The molecule has 3 rings (SSSR count). The van der Waals surface area contributed by atoms with Crippen LogP contribution in [0.25, 0.3) is 0 Å². The Labute approximate surface area is 192 Å². The molecule has 0 aromatic heterocycles. The lowest BCUT2D eigenvalue weighted by atomic mass is 9.95. The van der Waals surface area contributed by atoms with Crippen molar-refractivity contribution in [3.05, 3.63) is 29.8 Å². The lowest BCUT2D eigenvalue weighted by Gasteiger charge is -2.32. The third-order valence-electron chi connectivity index (χ3n) is 6.12. The second kappa shape index (κ2) is 10.7. The Morgan fingerprint density at radius 3 is 2.33 bits per heavy atom. The summed E-state index contributed by atoms with van der Waals surface area (Å²) in [6.45, 7) is 6.37. The minimum absolute atomic E-state index is 0.00990. The van der Waals surface area contributed by atoms with E-state index in [0.29, 0.717) is 18.7 Å². The van der Waals surface area contributed by atoms with Gasteiger partial charge < -0.3 is 24.2 Å². The molecule has 0 spiro atoms. The molecule has 2 amide bonds. The monoisotopic (exact) mass is 471 g/mol. The van der Waals surface area contributed by atoms with Gasteiger partial charge in [0.15, 0.2) is 0 Å². The molecule has 0 unspecified atom stereocenters. The standard InChI is InChI=1S/C23H32F3N3O4/c1-16(2)29-13-20(32-15-17-4-6-19(7-5-17)33-23(24,25)26)12-28(14-21(29)30)22(31)18-8-10-27(3)11-9-18/h4-7,16,18,20H,8-15H2,1-3H3/t20-/m0/s1. The Kier molecular flexibility index (Phi) is 8.23. The number of benzene rings is 1. The predicted molar refractivity (Wildman–Crippen MR) is 115 cm³/mol. The van der Waals surface area contributed by atoms with E-state index in [2.05, 4.69) is 9.64 Å². The van der Waals surface area contributed by atoms with Crippen molar-refractivity contribution in [1.29, 1.82) is 0 Å². The number of hydrogen-bond acceptors (Lipinski definition) is 5. The van der Waals surface area contributed by atoms with Crippen LogP contribution in [0.3, 0.4) is 0 Å². The van der Waals surface area contributed by atoms with Gasteiger partial charge in [0.05, 0.1) is 19.3 Å². The van der Waals surface area contributed by atoms with Crippen molar-refractivity contribution >= 4 is 11.8 Å². The van der Waals surface area contributed by atoms with Gasteiger partial charge in [-0.25, -0.2) is 0 Å². The van der Waals surface area contributed by atoms with E-state index >= 15 is 0 Å². The number of rotatable bonds is 6. The Morgan fingerprint density at radius 2 is 1.76 bits per heavy atom. The van der Waals surface area contributed by atoms with Gasteiger partial charge in [-0.05, 0) is 64.5 Å². The molecule has 2 fully saturated rings. The van der Waals surface area contributed by atoms with Gasteiger partial charge in [0, 0.05) is 25.0 Å². The van der Waals surface area contributed by atoms with Crippen LogP contribution in [-0.4, -0.2) is 84.8 Å². The van der Waals surface area contributed by atoms with Crippen LogP contribution in [-0.2, 0) is 20.9 Å². The van der Waals surface area contributed by atoms with Crippen LogP contribution in [0.5, 0.6) is 5.75 Å². The number of carbonyl (C=O) groups is 2. The van der Waals surface area contributed by atoms with Gasteiger partial charge in [-0.3, -0.25) is 9.59 Å². The molecule has 1 aromatic carbocycles. The number of amides is 2. The van der Waals surface area contributed by atoms with Gasteiger partial charge >= 0.3 is 6.36 Å². The van der Waals surface area contributed by atoms with Gasteiger partial charge in [0.1, 0.15) is 5.75 Å². The molecule has 7 nitrogen and oxygen atoms in total. The molecule has 33 heavy (non-hydrogen) atoms. The Morgan fingerprint density at radius 1 is 1.12 bits per heavy atom. The topological polar surface area (TPSA) is 62.3 Å². The Hall–Kier alpha value is -2.33. The molecule has 2 heterocycles. The summed E-state index contributed by atoms with van der Waals surface area (Å²) in [5.74, 6) is -0.510. The molecule has 0 radical (unpaired) electrons. The van der Waals surface area contributed by atoms with Crippen molar-refractivity contribution in [2.24, 2.45) is 5.92 Å². The van der Waals surface area contributed by atoms with Gasteiger partial charge in [0.25, 0.3) is 0 Å². The highest BCUT2D eigenvalue weighted by Crippen LogP contribution is 2.24. The van der Waals surface area contributed by atoms with E-state index in [-0.39, 0.29) is 42.7 Å². The minimum Gasteiger partial charge on any atom is -0.406 e. The fraction of sp³-hybridized carbons (Fsp3) is 0.652. The number of nitrogens with zero attached hydrogens (tertiary/aromatic N) is 3. The number of piperidine rings is 1. The second-order valence-electron chi connectivity index (χ2n) is 9.06. The van der Waals surface area contributed by atoms with E-state index in [9.17, 15) is 22.8 Å². The maximum atomic E-state index is 13.2. The maximum Gasteiger partial charge on any atom is 0.573 e. The molecule has 184 valence electrons. The summed E-state index contributed by atoms with van der Waals surface area (Å²) in [4.78, 5) is 31.5. The van der Waals surface area contributed by atoms with Crippen LogP contribution in [0.15, 0.2) is 24.3 Å². The summed E-state index contributed by atoms with van der Waals surface area (Å²) >= 11 is 0. The molecule has 1 aromatic rings. The largest absolute Gasteiger partial charge is 0.573 e. The fourth-order valence-electron chi connectivity index (χ4n) is 4.23. The van der Waals surface area contributed by atoms with Gasteiger partial charge in [-0.15, -0.1) is 13.2 Å². The zero-order chi connectivity index (χ0) is 24.2. The van der Waals surface area contributed by atoms with Crippen LogP contribution < -0.4 is 4.74 Å². The number of ether oxygens (including phenoxy) is 2. The van der Waals surface area contributed by atoms with Crippen molar-refractivity contribution in [3.8, 4) is 5.75 Å². The van der Waals surface area contributed by atoms with Gasteiger partial charge in [-0.2, -0.15) is 0 Å². The molecule has 0 saturated carbocycles. The van der Waals surface area contributed by atoms with Crippen molar-refractivity contribution in [3.63, 3.8) is 0 Å². The molecule has 0 aliphatic carbocycles. The Balaban J connectivity index is 1.65. The lowest BCUT2D eigenvalue weighted by molar-refractivity contribution is -0.274. The van der Waals surface area contributed by atoms with E-state index in [1.54, 1.807) is 9.80 Å². The van der Waals surface area contributed by atoms with E-state index in [4.69, 9.17) is 4.74 Å². The highest BCUT2D eigenvalue weighted by atomic mass is 19.4. The highest BCUT2D eigenvalue weighted by Gasteiger charge is 2.35. The van der Waals surface area contributed by atoms with Crippen molar-refractivity contribution in [2.45, 2.75) is 51.8 Å². The SMILES string of the molecule is CC(C)N1C[C@@H](OCc2ccc(OC(F)(F)F)cc2)CN(C(=O)C2CCN(C)CC2)CC1=O. The first-order valence-corrected chi connectivity index (χ1v) is 11.2. The number of carbonyl (C=O) groups excluding carboxylic acids is 2. The predicted octanol–water partition coefficient (Wildman–Crippen LogP) is 2.89. The fourth-order valence-corrected chi connectivity index (χ4v) is 4.23. The molecular weight excluding hydrogens is 439 g/mol. The number of likely N-dealkylation sites (tertiary alicyclic amines) is 1. The number of hydrogen-bond donors (Lipinski definition) is 0. The Bertz CT molecular complexity index is 808. The van der Waals surface area contributed by atoms with Gasteiger partial charge in [0.2, 0.25) is 11.8 Å². The van der Waals surface area contributed by atoms with Gasteiger partial charge in [-0.1, -0.05) is 12.1 Å². The molecule has 1 atom stereocenters. The van der Waals surface area contributed by atoms with Crippen LogP contribution >= 0.6 is 0 Å². The van der Waals surface area contributed by atoms with Crippen molar-refractivity contribution < 1.29 is 32.2 Å². The normalized spacial score (nSPS) is 21.4. The first kappa shape index (κ1) is 25.3. The summed E-state index contributed by atoms with van der Waals surface area (Å²) in [6, 6.07) is 5.44. The molecular formula is C23H32F3N3O4. The molecule has 2 aliphatic heterocycles. The third-order valence-corrected chi connectivity index (χ3v) is 6.12. The molecule has 10 heteroatoms. The zero-order valence-corrected chi connectivity index (χ0v) is 19.3. The number of halogens is 3. The van der Waals surface area contributed by atoms with Crippen LogP contribution in [0, 0.1) is 5.92 Å². The van der Waals surface area contributed by atoms with E-state index in [1.165, 1.54) is 24.3 Å². The molecule has 0 N–H and O–H groups in total. The van der Waals surface area contributed by atoms with Crippen molar-refractivity contribution in [2.75, 3.05) is 39.8 Å². The van der Waals surface area contributed by atoms with Crippen LogP contribution in [0.1, 0.15) is 32.3 Å². The zero-order valence-electron chi connectivity index (χ0n) is 19.3. The molecule has 2 aliphatic rings. The van der Waals surface area contributed by atoms with Crippen molar-refractivity contribution in [1.82, 2.24) is 14.7 Å². The number of alkyl halides is 3.